The van der Waals surface area contributed by atoms with E-state index < -0.39 is 219 Å². The zero-order valence-corrected chi connectivity index (χ0v) is 125. The lowest BCUT2D eigenvalue weighted by Crippen LogP contribution is -2.58. The second-order valence-corrected chi connectivity index (χ2v) is 152. The summed E-state index contributed by atoms with van der Waals surface area (Å²) in [6.45, 7) is 121. The molecule has 0 saturated heterocycles. The van der Waals surface area contributed by atoms with E-state index in [0.29, 0.717) is 39.6 Å². The van der Waals surface area contributed by atoms with E-state index in [1.807, 2.05) is 0 Å². The molecular weight excluding hydrogens is 2200 g/mol. The van der Waals surface area contributed by atoms with E-state index in [1.165, 1.54) is 0 Å². The van der Waals surface area contributed by atoms with E-state index in [1.54, 1.807) is 0 Å². The average Bonchev–Trinajstić information content (AvgIpc) is 0.812. The van der Waals surface area contributed by atoms with Gasteiger partial charge in [-0.1, -0.05) is 0 Å². The molecule has 0 atom stereocenters. The van der Waals surface area contributed by atoms with Crippen molar-refractivity contribution in [2.24, 2.45) is 16.2 Å². The first-order valence-electron chi connectivity index (χ1n) is 52.1. The summed E-state index contributed by atoms with van der Waals surface area (Å²) in [7, 11) is -50.2. The van der Waals surface area contributed by atoms with Gasteiger partial charge in [0.2, 0.25) is 0 Å². The summed E-state index contributed by atoms with van der Waals surface area (Å²) in [5.74, 6) is 0. The molecule has 0 aliphatic heterocycles. The molecule has 0 aromatic rings. The lowest BCUT2D eigenvalue weighted by molar-refractivity contribution is -0.0769. The Bertz CT molecular complexity index is 3190. The molecule has 0 amide bonds. The molecule has 0 saturated carbocycles. The summed E-state index contributed by atoms with van der Waals surface area (Å²) < 4.78 is 154. The van der Waals surface area contributed by atoms with Crippen LogP contribution >= 0.6 is 0 Å². The smallest absolute Gasteiger partial charge is 0.314 e. The molecule has 0 aliphatic rings. The third-order valence-corrected chi connectivity index (χ3v) is 105. The first-order chi connectivity index (χ1) is 62.3. The van der Waals surface area contributed by atoms with Gasteiger partial charge in [-0.05, 0) is 428 Å². The van der Waals surface area contributed by atoms with Gasteiger partial charge in [0.25, 0.3) is 0 Å². The van der Waals surface area contributed by atoms with Gasteiger partial charge in [0.1, 0.15) is 0 Å². The largest absolute Gasteiger partial charge is 0.437 e. The van der Waals surface area contributed by atoms with Gasteiger partial charge in [-0.25, -0.2) is 0 Å². The molecule has 0 radical (unpaired) electrons. The second-order valence-electron chi connectivity index (χ2n) is 54.3. The van der Waals surface area contributed by atoms with E-state index >= 15 is 0 Å². The molecule has 0 unspecified atom stereocenters. The van der Waals surface area contributed by atoms with E-state index in [4.69, 9.17) is 102 Å². The van der Waals surface area contributed by atoms with Crippen molar-refractivity contribution in [1.29, 1.82) is 0 Å². The molecule has 0 aromatic heterocycles. The van der Waals surface area contributed by atoms with Crippen LogP contribution in [0.1, 0.15) is 38.5 Å². The Kier molecular flexibility index (Phi) is 64.3. The number of rotatable bonds is 78. The molecule has 6 N–H and O–H groups in total. The highest BCUT2D eigenvalue weighted by Crippen LogP contribution is 2.36. The molecule has 852 valence electrons. The summed E-state index contributed by atoms with van der Waals surface area (Å²) in [5, 5.41) is 60.9. The van der Waals surface area contributed by atoms with Crippen LogP contribution < -0.4 is 0 Å². The van der Waals surface area contributed by atoms with Crippen LogP contribution in [0.2, 0.25) is 390 Å². The van der Waals surface area contributed by atoms with Crippen molar-refractivity contribution in [3.8, 4) is 0 Å². The maximum atomic E-state index is 10.3. The van der Waals surface area contributed by atoms with Crippen molar-refractivity contribution in [3.63, 3.8) is 0 Å². The Morgan fingerprint density at radius 1 is 0.135 bits per heavy atom. The lowest BCUT2D eigenvalue weighted by Gasteiger charge is -2.42. The summed E-state index contributed by atoms with van der Waals surface area (Å²) in [6.07, 6.45) is 5.09. The van der Waals surface area contributed by atoms with Gasteiger partial charge in [-0.2, -0.15) is 0 Å². The van der Waals surface area contributed by atoms with Crippen LogP contribution in [-0.2, 0) is 102 Å². The maximum absolute atomic E-state index is 10.3. The predicted octanol–water partition coefficient (Wildman–Crippen LogP) is 23.3. The molecule has 0 aromatic carbocycles. The van der Waals surface area contributed by atoms with Crippen molar-refractivity contribution in [3.05, 3.63) is 0 Å². The minimum absolute atomic E-state index is 0.183. The highest BCUT2D eigenvalue weighted by molar-refractivity contribution is 6.95. The Labute approximate surface area is 891 Å². The minimum Gasteiger partial charge on any atom is -0.437 e. The fourth-order valence-electron chi connectivity index (χ4n) is 18.7. The van der Waals surface area contributed by atoms with Crippen LogP contribution in [0.15, 0.2) is 0 Å². The van der Waals surface area contributed by atoms with Crippen molar-refractivity contribution in [2.75, 3.05) is 119 Å². The Morgan fingerprint density at radius 2 is 0.227 bits per heavy atom. The third-order valence-electron chi connectivity index (χ3n) is 20.3. The number of aliphatic hydroxyl groups excluding tert-OH is 6. The number of hydrogen-bond donors (Lipinski definition) is 6. The monoisotopic (exact) mass is 2430 g/mol. The number of aliphatic hydroxyl groups is 6. The SMILES string of the molecule is C[Si](C)(C)O[Si](C)(C)O[Si](C)(C)CCCOCC(CO)(CO)COCCC[Si](C)(C)O[Si](C)(C)O[Si](C)(C)C.C[Si](C)(C)O[Si](C)(C)O[Si](C)(C)O[Si](C)(C)CCCOCC(CO)(CO)COCCC[Si](C)(C)O[Si](C)(C)O[Si](C)(C)O[Si](C)(C)C.C[Si](C)(C)O[Si](C)(C)O[Si](C)(C)O[Si](C)(C)O[Si](C)(C)CCCOCC(CO)(CO)COCCC[Si](C)(C)O[Si](C)(C)O[Si](C)(C)O[Si](C)(C)O[Si](C)(C)C. The van der Waals surface area contributed by atoms with Gasteiger partial charge in [0.05, 0.1) is 95.5 Å². The molecule has 0 spiro atoms. The zero-order chi connectivity index (χ0) is 112. The standard InChI is InChI=1S/C33H88O12Si10.C29H76O10Si8.C25H64O8Si6/c1-46(2,3)38-50(11,12)42-54(19,20)44-52(15,16)40-48(7,8)27-23-25-36-31-33(29-34,30-35)32-37-26-24-28-49(9,10)41-53(17,18)45-55(21,22)43-51(13,14)39-47(4,5)6;1-40(2,3)34-44(11,12)38-46(15,16)36-42(7,8)23-19-21-32-27-29(25-30,26-31)28-33-22-20-24-43(9,10)37-47(17,18)39-45(13,14)35-41(4,5)6;1-34(2,3)30-38(11,12)32-36(7,8)19-15-17-28-23-25(21-26,22-27)24-29-18-16-20-37(9,10)33-39(13,14)31-35(4,5)6/h34-35H,23-32H2,1-22H3;30-31H,19-28H2,1-18H3;26-27H,15-24H2,1-14H3. The fourth-order valence-corrected chi connectivity index (χ4v) is 129. The molecule has 0 fully saturated rings. The van der Waals surface area contributed by atoms with Gasteiger partial charge in [-0.3, -0.25) is 0 Å². The maximum Gasteiger partial charge on any atom is 0.314 e. The second kappa shape index (κ2) is 60.8. The van der Waals surface area contributed by atoms with Gasteiger partial charge in [0, 0.05) is 39.6 Å². The van der Waals surface area contributed by atoms with Crippen molar-refractivity contribution >= 4 is 203 Å². The third kappa shape index (κ3) is 80.4. The fraction of sp³-hybridized carbons (Fsp3) is 1.00. The van der Waals surface area contributed by atoms with Crippen LogP contribution in [0.4, 0.5) is 0 Å². The summed E-state index contributed by atoms with van der Waals surface area (Å²) >= 11 is 0. The van der Waals surface area contributed by atoms with Gasteiger partial charge in [-0.15, -0.1) is 0 Å². The van der Waals surface area contributed by atoms with E-state index in [2.05, 4.69) is 354 Å². The van der Waals surface area contributed by atoms with E-state index in [9.17, 15) is 30.6 Å². The van der Waals surface area contributed by atoms with Crippen LogP contribution in [0, 0.1) is 16.2 Å². The van der Waals surface area contributed by atoms with Crippen LogP contribution in [0.5, 0.6) is 0 Å². The molecular formula is C87H228O30Si24. The quantitative estimate of drug-likeness (QED) is 0.0243. The summed E-state index contributed by atoms with van der Waals surface area (Å²) in [6, 6.07) is 5.63. The Hall–Kier alpha value is 4.01. The van der Waals surface area contributed by atoms with Crippen LogP contribution in [-0.4, -0.2) is 352 Å². The minimum atomic E-state index is -2.48. The highest BCUT2D eigenvalue weighted by Gasteiger charge is 2.51. The molecule has 30 nitrogen and oxygen atoms in total. The normalized spacial score (nSPS) is 15.1. The average molecular weight is 2430 g/mol. The predicted molar refractivity (Wildman–Crippen MR) is 646 cm³/mol. The van der Waals surface area contributed by atoms with E-state index in [0.717, 1.165) is 74.8 Å². The van der Waals surface area contributed by atoms with Crippen molar-refractivity contribution in [1.82, 2.24) is 0 Å². The van der Waals surface area contributed by atoms with Crippen LogP contribution in [0.3, 0.4) is 0 Å². The topological polar surface area (TPSA) is 343 Å². The molecule has 0 aliphatic carbocycles. The zero-order valence-electron chi connectivity index (χ0n) is 101. The molecule has 0 bridgehead atoms. The van der Waals surface area contributed by atoms with Gasteiger partial charge in [0.15, 0.2) is 99.8 Å². The molecule has 0 rings (SSSR count). The molecule has 0 heterocycles. The number of hydrogen-bond acceptors (Lipinski definition) is 30. The molecule has 54 heteroatoms. The first kappa shape index (κ1) is 149. The summed E-state index contributed by atoms with van der Waals surface area (Å²) in [4.78, 5) is 0. The highest BCUT2D eigenvalue weighted by atomic mass is 28.5. The van der Waals surface area contributed by atoms with Gasteiger partial charge < -0.3 is 133 Å². The first-order valence-corrected chi connectivity index (χ1v) is 125. The van der Waals surface area contributed by atoms with Crippen molar-refractivity contribution < 1.29 is 133 Å². The lowest BCUT2D eigenvalue weighted by atomic mass is 9.92. The van der Waals surface area contributed by atoms with Crippen molar-refractivity contribution in [2.45, 2.75) is 428 Å². The van der Waals surface area contributed by atoms with Crippen LogP contribution in [0.25, 0.3) is 0 Å². The number of ether oxygens (including phenoxy) is 6. The van der Waals surface area contributed by atoms with Gasteiger partial charge >= 0.3 is 103 Å². The Morgan fingerprint density at radius 3 is 0.326 bits per heavy atom. The van der Waals surface area contributed by atoms with E-state index in [-0.39, 0.29) is 79.3 Å². The Balaban J connectivity index is -0.00000206. The summed E-state index contributed by atoms with van der Waals surface area (Å²) in [5.41, 5.74) is -2.50. The molecule has 141 heavy (non-hydrogen) atoms.